The number of rotatable bonds is 2. The third-order valence-corrected chi connectivity index (χ3v) is 3.00. The summed E-state index contributed by atoms with van der Waals surface area (Å²) in [5.74, 6) is 0.0782. The lowest BCUT2D eigenvalue weighted by molar-refractivity contribution is 0.100. The molecular formula is C13H10BrN3OS. The first-order valence-electron chi connectivity index (χ1n) is 5.41. The van der Waals surface area contributed by atoms with Crippen LogP contribution in [0.2, 0.25) is 0 Å². The molecular weight excluding hydrogens is 326 g/mol. The fraction of sp³-hybridized carbons (Fsp3) is 0. The van der Waals surface area contributed by atoms with E-state index in [0.717, 1.165) is 0 Å². The smallest absolute Gasteiger partial charge is 0.265 e. The van der Waals surface area contributed by atoms with Crippen molar-refractivity contribution in [3.05, 3.63) is 58.7 Å². The molecule has 0 radical (unpaired) electrons. The summed E-state index contributed by atoms with van der Waals surface area (Å²) in [4.78, 5) is 17.8. The van der Waals surface area contributed by atoms with Gasteiger partial charge in [0.25, 0.3) is 5.91 Å². The van der Waals surface area contributed by atoms with Crippen LogP contribution in [0.25, 0.3) is 0 Å². The first-order chi connectivity index (χ1) is 9.09. The van der Waals surface area contributed by atoms with Crippen LogP contribution in [0.4, 0.5) is 5.82 Å². The van der Waals surface area contributed by atoms with Crippen molar-refractivity contribution in [2.45, 2.75) is 0 Å². The highest BCUT2D eigenvalue weighted by Gasteiger charge is 2.21. The molecule has 0 bridgehead atoms. The van der Waals surface area contributed by atoms with Crippen LogP contribution in [0, 0.1) is 0 Å². The second-order valence-electron chi connectivity index (χ2n) is 3.66. The topological polar surface area (TPSA) is 59.2 Å². The van der Waals surface area contributed by atoms with Gasteiger partial charge in [0.2, 0.25) is 0 Å². The van der Waals surface area contributed by atoms with Crippen molar-refractivity contribution < 1.29 is 4.79 Å². The molecule has 19 heavy (non-hydrogen) atoms. The largest absolute Gasteiger partial charge is 0.375 e. The number of hydrogen-bond acceptors (Lipinski definition) is 3. The molecule has 1 amide bonds. The van der Waals surface area contributed by atoms with Gasteiger partial charge in [0.05, 0.1) is 0 Å². The van der Waals surface area contributed by atoms with Crippen LogP contribution in [0.3, 0.4) is 0 Å². The highest BCUT2D eigenvalue weighted by molar-refractivity contribution is 9.10. The zero-order valence-corrected chi connectivity index (χ0v) is 12.2. The van der Waals surface area contributed by atoms with Crippen molar-refractivity contribution >= 4 is 45.0 Å². The Bertz CT molecular complexity index is 618. The number of thiocarbonyl (C=S) groups is 1. The normalized spacial score (nSPS) is 9.95. The summed E-state index contributed by atoms with van der Waals surface area (Å²) in [7, 11) is 0. The number of hydrogen-bond donors (Lipinski definition) is 1. The fourth-order valence-electron chi connectivity index (χ4n) is 1.55. The van der Waals surface area contributed by atoms with Crippen molar-refractivity contribution in [3.63, 3.8) is 0 Å². The lowest BCUT2D eigenvalue weighted by atomic mass is 10.2. The third kappa shape index (κ3) is 3.15. The molecule has 0 spiro atoms. The Morgan fingerprint density at radius 3 is 2.42 bits per heavy atom. The second kappa shape index (κ2) is 5.90. The number of nitrogens with two attached hydrogens (primary N) is 1. The van der Waals surface area contributed by atoms with Gasteiger partial charge >= 0.3 is 0 Å². The molecule has 1 heterocycles. The minimum absolute atomic E-state index is 0.0422. The minimum Gasteiger partial charge on any atom is -0.375 e. The van der Waals surface area contributed by atoms with Crippen LogP contribution < -0.4 is 10.6 Å². The Hall–Kier alpha value is -1.79. The van der Waals surface area contributed by atoms with Crippen LogP contribution in [0.1, 0.15) is 10.4 Å². The average molecular weight is 336 g/mol. The molecule has 0 saturated carbocycles. The molecule has 2 aromatic rings. The summed E-state index contributed by atoms with van der Waals surface area (Å²) in [5.41, 5.74) is 6.14. The Kier molecular flexibility index (Phi) is 4.24. The summed E-state index contributed by atoms with van der Waals surface area (Å²) in [5, 5.41) is -0.0422. The van der Waals surface area contributed by atoms with Gasteiger partial charge in [0.1, 0.15) is 10.4 Å². The summed E-state index contributed by atoms with van der Waals surface area (Å²) >= 11 is 8.20. The fourth-order valence-corrected chi connectivity index (χ4v) is 2.06. The highest BCUT2D eigenvalue weighted by atomic mass is 79.9. The molecule has 2 N–H and O–H groups in total. The molecule has 0 atom stereocenters. The zero-order chi connectivity index (χ0) is 13.8. The number of carbonyl (C=O) groups excluding carboxylic acids is 1. The molecule has 6 heteroatoms. The Morgan fingerprint density at radius 1 is 1.16 bits per heavy atom. The number of halogens is 1. The van der Waals surface area contributed by atoms with Gasteiger partial charge in [-0.15, -0.1) is 0 Å². The first-order valence-corrected chi connectivity index (χ1v) is 6.61. The van der Waals surface area contributed by atoms with Gasteiger partial charge in [-0.1, -0.05) is 24.3 Å². The van der Waals surface area contributed by atoms with Crippen LogP contribution in [-0.4, -0.2) is 16.0 Å². The molecule has 0 aliphatic rings. The number of anilines is 1. The van der Waals surface area contributed by atoms with Gasteiger partial charge in [-0.25, -0.2) is 9.88 Å². The third-order valence-electron chi connectivity index (χ3n) is 2.37. The van der Waals surface area contributed by atoms with Gasteiger partial charge in [0, 0.05) is 5.56 Å². The number of amides is 1. The standard InChI is InChI=1S/C13H10BrN3OS/c14-10-7-4-8-11(16-10)17(13(15)19)12(18)9-5-2-1-3-6-9/h1-8H,(H2,15,19). The molecule has 0 aliphatic heterocycles. The molecule has 4 nitrogen and oxygen atoms in total. The van der Waals surface area contributed by atoms with E-state index < -0.39 is 0 Å². The molecule has 0 aliphatic carbocycles. The summed E-state index contributed by atoms with van der Waals surface area (Å²) in [6.45, 7) is 0. The maximum atomic E-state index is 12.4. The quantitative estimate of drug-likeness (QED) is 0.677. The molecule has 0 unspecified atom stereocenters. The molecule has 0 saturated heterocycles. The highest BCUT2D eigenvalue weighted by Crippen LogP contribution is 2.17. The van der Waals surface area contributed by atoms with Crippen LogP contribution in [-0.2, 0) is 0 Å². The van der Waals surface area contributed by atoms with Crippen molar-refractivity contribution in [2.24, 2.45) is 5.73 Å². The number of benzene rings is 1. The Morgan fingerprint density at radius 2 is 1.84 bits per heavy atom. The van der Waals surface area contributed by atoms with Gasteiger partial charge in [-0.05, 0) is 52.4 Å². The molecule has 2 rings (SSSR count). The van der Waals surface area contributed by atoms with Crippen LogP contribution >= 0.6 is 28.1 Å². The molecule has 1 aromatic carbocycles. The molecule has 0 fully saturated rings. The summed E-state index contributed by atoms with van der Waals surface area (Å²) < 4.78 is 0.604. The van der Waals surface area contributed by atoms with E-state index in [0.29, 0.717) is 16.0 Å². The van der Waals surface area contributed by atoms with Gasteiger partial charge in [-0.2, -0.15) is 0 Å². The predicted octanol–water partition coefficient (Wildman–Crippen LogP) is 2.73. The number of nitrogens with zero attached hydrogens (tertiary/aromatic N) is 2. The lowest BCUT2D eigenvalue weighted by Crippen LogP contribution is -2.41. The van der Waals surface area contributed by atoms with Crippen molar-refractivity contribution in [1.29, 1.82) is 0 Å². The van der Waals surface area contributed by atoms with E-state index in [-0.39, 0.29) is 11.0 Å². The molecule has 1 aromatic heterocycles. The monoisotopic (exact) mass is 335 g/mol. The number of pyridine rings is 1. The predicted molar refractivity (Wildman–Crippen MR) is 82.0 cm³/mol. The second-order valence-corrected chi connectivity index (χ2v) is 4.89. The maximum absolute atomic E-state index is 12.4. The first kappa shape index (κ1) is 13.6. The number of aromatic nitrogens is 1. The summed E-state index contributed by atoms with van der Waals surface area (Å²) in [6.07, 6.45) is 0. The lowest BCUT2D eigenvalue weighted by Gasteiger charge is -2.19. The van der Waals surface area contributed by atoms with Crippen LogP contribution in [0.5, 0.6) is 0 Å². The van der Waals surface area contributed by atoms with E-state index in [1.807, 2.05) is 6.07 Å². The van der Waals surface area contributed by atoms with E-state index >= 15 is 0 Å². The van der Waals surface area contributed by atoms with Crippen molar-refractivity contribution in [3.8, 4) is 0 Å². The van der Waals surface area contributed by atoms with Crippen molar-refractivity contribution in [2.75, 3.05) is 4.90 Å². The van der Waals surface area contributed by atoms with Crippen LogP contribution in [0.15, 0.2) is 53.1 Å². The van der Waals surface area contributed by atoms with E-state index in [9.17, 15) is 4.79 Å². The van der Waals surface area contributed by atoms with E-state index in [1.165, 1.54) is 4.90 Å². The average Bonchev–Trinajstić information content (AvgIpc) is 2.39. The van der Waals surface area contributed by atoms with E-state index in [4.69, 9.17) is 18.0 Å². The summed E-state index contributed by atoms with van der Waals surface area (Å²) in [6, 6.07) is 14.0. The van der Waals surface area contributed by atoms with E-state index in [2.05, 4.69) is 20.9 Å². The van der Waals surface area contributed by atoms with Gasteiger partial charge in [0.15, 0.2) is 5.11 Å². The minimum atomic E-state index is -0.307. The maximum Gasteiger partial charge on any atom is 0.265 e. The Labute approximate surface area is 124 Å². The van der Waals surface area contributed by atoms with Gasteiger partial charge < -0.3 is 5.73 Å². The Balaban J connectivity index is 2.42. The molecule has 96 valence electrons. The SMILES string of the molecule is NC(=S)N(C(=O)c1ccccc1)c1cccc(Br)n1. The van der Waals surface area contributed by atoms with Gasteiger partial charge in [-0.3, -0.25) is 4.79 Å². The zero-order valence-electron chi connectivity index (χ0n) is 9.79. The number of carbonyl (C=O) groups is 1. The van der Waals surface area contributed by atoms with Crippen molar-refractivity contribution in [1.82, 2.24) is 4.98 Å². The van der Waals surface area contributed by atoms with E-state index in [1.54, 1.807) is 42.5 Å².